The minimum Gasteiger partial charge on any atom is -0.493 e. The smallest absolute Gasteiger partial charge is 0.269 e. The summed E-state index contributed by atoms with van der Waals surface area (Å²) < 4.78 is 35.3. The number of methoxy groups -OCH3 is 1. The summed E-state index contributed by atoms with van der Waals surface area (Å²) in [4.78, 5) is 24.3. The lowest BCUT2D eigenvalue weighted by Gasteiger charge is -2.14. The van der Waals surface area contributed by atoms with Gasteiger partial charge in [0.05, 0.1) is 23.9 Å². The monoisotopic (exact) mass is 454 g/mol. The summed E-state index contributed by atoms with van der Waals surface area (Å²) in [5.74, 6) is -0.783. The van der Waals surface area contributed by atoms with Crippen molar-refractivity contribution in [3.05, 3.63) is 53.1 Å². The Morgan fingerprint density at radius 3 is 2.30 bits per heavy atom. The van der Waals surface area contributed by atoms with E-state index >= 15 is 0 Å². The topological polar surface area (TPSA) is 111 Å². The Hall–Kier alpha value is -2.78. The summed E-state index contributed by atoms with van der Waals surface area (Å²) in [7, 11) is -2.20. The van der Waals surface area contributed by atoms with Crippen LogP contribution in [0.1, 0.15) is 30.6 Å². The summed E-state index contributed by atoms with van der Waals surface area (Å²) in [5.41, 5.74) is 4.68. The third kappa shape index (κ3) is 6.64. The molecule has 0 aliphatic heterocycles. The number of sulfone groups is 1. The third-order valence-corrected chi connectivity index (χ3v) is 5.86. The molecule has 0 heterocycles. The maximum Gasteiger partial charge on any atom is 0.269 e. The highest BCUT2D eigenvalue weighted by Gasteiger charge is 2.17. The van der Waals surface area contributed by atoms with Gasteiger partial charge >= 0.3 is 0 Å². The predicted octanol–water partition coefficient (Wildman–Crippen LogP) is 2.76. The first kappa shape index (κ1) is 23.5. The summed E-state index contributed by atoms with van der Waals surface area (Å²) >= 11 is 5.75. The van der Waals surface area contributed by atoms with Crippen LogP contribution in [0.4, 0.5) is 0 Å². The number of rotatable bonds is 8. The first-order valence-electron chi connectivity index (χ1n) is 9.04. The van der Waals surface area contributed by atoms with Crippen molar-refractivity contribution in [2.75, 3.05) is 12.9 Å². The van der Waals surface area contributed by atoms with Gasteiger partial charge in [-0.3, -0.25) is 20.4 Å². The number of benzene rings is 2. The molecule has 0 saturated heterocycles. The molecule has 0 spiro atoms. The molecule has 0 aliphatic carbocycles. The van der Waals surface area contributed by atoms with Gasteiger partial charge in [0.1, 0.15) is 0 Å². The highest BCUT2D eigenvalue weighted by Crippen LogP contribution is 2.28. The van der Waals surface area contributed by atoms with Crippen molar-refractivity contribution in [2.45, 2.75) is 31.3 Å². The van der Waals surface area contributed by atoms with Crippen LogP contribution < -0.4 is 20.3 Å². The number of carbonyl (C=O) groups excluding carboxylic acids is 2. The van der Waals surface area contributed by atoms with Gasteiger partial charge in [0.25, 0.3) is 5.91 Å². The highest BCUT2D eigenvalue weighted by molar-refractivity contribution is 7.91. The lowest BCUT2D eigenvalue weighted by atomic mass is 10.2. The molecule has 2 aromatic carbocycles. The van der Waals surface area contributed by atoms with Crippen molar-refractivity contribution in [2.24, 2.45) is 0 Å². The highest BCUT2D eigenvalue weighted by atomic mass is 35.5. The van der Waals surface area contributed by atoms with E-state index < -0.39 is 27.4 Å². The standard InChI is InChI=1S/C20H23ClN2O6S/c1-13(2)29-17-9-4-14(12-18(17)28-3)20(25)23-22-19(24)10-11-30(26,27)16-7-5-15(21)6-8-16/h4-9,12-13H,10-11H2,1-3H3,(H,22,24)(H,23,25). The molecule has 10 heteroatoms. The van der Waals surface area contributed by atoms with E-state index in [1.807, 2.05) is 13.8 Å². The van der Waals surface area contributed by atoms with E-state index in [2.05, 4.69) is 10.9 Å². The molecule has 2 aromatic rings. The molecule has 30 heavy (non-hydrogen) atoms. The van der Waals surface area contributed by atoms with Crippen LogP contribution in [0.2, 0.25) is 5.02 Å². The Balaban J connectivity index is 1.91. The van der Waals surface area contributed by atoms with E-state index in [1.165, 1.54) is 43.5 Å². The zero-order chi connectivity index (χ0) is 22.3. The fourth-order valence-corrected chi connectivity index (χ4v) is 3.77. The average molecular weight is 455 g/mol. The molecule has 0 saturated carbocycles. The fourth-order valence-electron chi connectivity index (χ4n) is 2.41. The molecule has 0 aliphatic rings. The molecule has 0 radical (unpaired) electrons. The molecular weight excluding hydrogens is 432 g/mol. The molecule has 0 atom stereocenters. The van der Waals surface area contributed by atoms with Crippen molar-refractivity contribution in [3.8, 4) is 11.5 Å². The Bertz CT molecular complexity index is 1010. The summed E-state index contributed by atoms with van der Waals surface area (Å²) in [5, 5.41) is 0.412. The molecule has 0 fully saturated rings. The Morgan fingerprint density at radius 2 is 1.70 bits per heavy atom. The number of carbonyl (C=O) groups is 2. The average Bonchev–Trinajstić information content (AvgIpc) is 2.70. The van der Waals surface area contributed by atoms with Crippen LogP contribution >= 0.6 is 11.6 Å². The van der Waals surface area contributed by atoms with Gasteiger partial charge in [0, 0.05) is 17.0 Å². The quantitative estimate of drug-likeness (QED) is 0.593. The van der Waals surface area contributed by atoms with Crippen LogP contribution in [-0.2, 0) is 14.6 Å². The largest absolute Gasteiger partial charge is 0.493 e. The van der Waals surface area contributed by atoms with Crippen molar-refractivity contribution in [1.82, 2.24) is 10.9 Å². The second kappa shape index (κ2) is 10.3. The first-order valence-corrected chi connectivity index (χ1v) is 11.1. The van der Waals surface area contributed by atoms with Gasteiger partial charge in [-0.1, -0.05) is 11.6 Å². The molecule has 0 bridgehead atoms. The first-order chi connectivity index (χ1) is 14.1. The van der Waals surface area contributed by atoms with E-state index in [0.29, 0.717) is 16.5 Å². The maximum atomic E-state index is 12.3. The SMILES string of the molecule is COc1cc(C(=O)NNC(=O)CCS(=O)(=O)c2ccc(Cl)cc2)ccc1OC(C)C. The zero-order valence-electron chi connectivity index (χ0n) is 16.8. The Labute approximate surface area is 180 Å². The second-order valence-electron chi connectivity index (χ2n) is 6.56. The third-order valence-electron chi connectivity index (χ3n) is 3.87. The number of hydrazine groups is 1. The van der Waals surface area contributed by atoms with Crippen LogP contribution in [0.5, 0.6) is 11.5 Å². The number of nitrogens with one attached hydrogen (secondary N) is 2. The van der Waals surface area contributed by atoms with Gasteiger partial charge in [0.2, 0.25) is 5.91 Å². The molecule has 162 valence electrons. The van der Waals surface area contributed by atoms with Crippen molar-refractivity contribution >= 4 is 33.3 Å². The van der Waals surface area contributed by atoms with Crippen molar-refractivity contribution in [1.29, 1.82) is 0 Å². The van der Waals surface area contributed by atoms with E-state index in [9.17, 15) is 18.0 Å². The zero-order valence-corrected chi connectivity index (χ0v) is 18.3. The van der Waals surface area contributed by atoms with Gasteiger partial charge < -0.3 is 9.47 Å². The van der Waals surface area contributed by atoms with Crippen LogP contribution in [0.25, 0.3) is 0 Å². The van der Waals surface area contributed by atoms with Gasteiger partial charge in [-0.15, -0.1) is 0 Å². The van der Waals surface area contributed by atoms with Crippen LogP contribution in [0.15, 0.2) is 47.4 Å². The van der Waals surface area contributed by atoms with Crippen molar-refractivity contribution < 1.29 is 27.5 Å². The van der Waals surface area contributed by atoms with Gasteiger partial charge in [0.15, 0.2) is 21.3 Å². The Kier molecular flexibility index (Phi) is 8.08. The molecule has 2 amide bonds. The molecular formula is C20H23ClN2O6S. The lowest BCUT2D eigenvalue weighted by molar-refractivity contribution is -0.121. The van der Waals surface area contributed by atoms with E-state index in [4.69, 9.17) is 21.1 Å². The number of amides is 2. The maximum absolute atomic E-state index is 12.3. The number of hydrogen-bond donors (Lipinski definition) is 2. The van der Waals surface area contributed by atoms with E-state index in [-0.39, 0.29) is 23.0 Å². The summed E-state index contributed by atoms with van der Waals surface area (Å²) in [6.07, 6.45) is -0.391. The van der Waals surface area contributed by atoms with Crippen LogP contribution in [0.3, 0.4) is 0 Å². The van der Waals surface area contributed by atoms with Crippen LogP contribution in [0, 0.1) is 0 Å². The minimum atomic E-state index is -3.65. The normalized spacial score (nSPS) is 11.1. The fraction of sp³-hybridized carbons (Fsp3) is 0.300. The molecule has 8 nitrogen and oxygen atoms in total. The van der Waals surface area contributed by atoms with Gasteiger partial charge in [-0.25, -0.2) is 8.42 Å². The number of halogens is 1. The second-order valence-corrected chi connectivity index (χ2v) is 9.10. The van der Waals surface area contributed by atoms with Crippen LogP contribution in [-0.4, -0.2) is 39.2 Å². The predicted molar refractivity (Wildman–Crippen MR) is 112 cm³/mol. The number of hydrogen-bond acceptors (Lipinski definition) is 6. The molecule has 2 rings (SSSR count). The number of ether oxygens (including phenoxy) is 2. The minimum absolute atomic E-state index is 0.0676. The van der Waals surface area contributed by atoms with Gasteiger partial charge in [-0.2, -0.15) is 0 Å². The summed E-state index contributed by atoms with van der Waals surface area (Å²) in [6.45, 7) is 3.73. The van der Waals surface area contributed by atoms with Gasteiger partial charge in [-0.05, 0) is 56.3 Å². The van der Waals surface area contributed by atoms with E-state index in [1.54, 1.807) is 6.07 Å². The molecule has 2 N–H and O–H groups in total. The molecule has 0 unspecified atom stereocenters. The summed E-state index contributed by atoms with van der Waals surface area (Å²) in [6, 6.07) is 10.3. The lowest BCUT2D eigenvalue weighted by Crippen LogP contribution is -2.42. The Morgan fingerprint density at radius 1 is 1.03 bits per heavy atom. The van der Waals surface area contributed by atoms with Crippen molar-refractivity contribution in [3.63, 3.8) is 0 Å². The van der Waals surface area contributed by atoms with E-state index in [0.717, 1.165) is 0 Å². The molecule has 0 aromatic heterocycles.